The number of fused-ring (bicyclic) bond motifs is 3. The number of quaternary nitrogens is 1. The molecule has 0 radical (unpaired) electrons. The van der Waals surface area contributed by atoms with E-state index in [1.54, 1.807) is 20.3 Å². The molecule has 1 aliphatic rings. The molecule has 4 rings (SSSR count). The van der Waals surface area contributed by atoms with Crippen LogP contribution in [-0.4, -0.2) is 19.3 Å². The normalized spacial score (nSPS) is 12.9. The maximum atomic E-state index is 12.4. The number of hydrogen-bond donors (Lipinski definition) is 2. The fourth-order valence-corrected chi connectivity index (χ4v) is 4.24. The van der Waals surface area contributed by atoms with E-state index in [0.717, 1.165) is 52.8 Å². The monoisotopic (exact) mass is 416 g/mol. The molecule has 0 unspecified atom stereocenters. The Kier molecular flexibility index (Phi) is 5.39. The molecule has 3 aromatic rings. The highest BCUT2D eigenvalue weighted by atomic mass is 35.5. The van der Waals surface area contributed by atoms with E-state index in [9.17, 15) is 9.90 Å². The summed E-state index contributed by atoms with van der Waals surface area (Å²) >= 11 is 6.29. The number of halogens is 1. The summed E-state index contributed by atoms with van der Waals surface area (Å²) in [6.45, 7) is 1.01. The summed E-state index contributed by atoms with van der Waals surface area (Å²) in [6.07, 6.45) is 2.48. The standard InChI is InChI=1S/C22H22ClNO5/c1-27-13-7-6-12(19(8-13)28-2)10-24-11-17-20(25)18(23)9-16-14-4-3-5-15(14)22(26)29-21(16)17/h6-9,24-25H,3-5,10-11H2,1-2H3/p+1. The molecule has 1 aliphatic carbocycles. The third-order valence-corrected chi connectivity index (χ3v) is 5.78. The number of nitrogens with two attached hydrogens (primary N) is 1. The molecule has 0 atom stereocenters. The summed E-state index contributed by atoms with van der Waals surface area (Å²) in [5.74, 6) is 1.41. The van der Waals surface area contributed by atoms with Crippen LogP contribution in [0.15, 0.2) is 33.5 Å². The van der Waals surface area contributed by atoms with Crippen molar-refractivity contribution in [2.45, 2.75) is 32.4 Å². The molecule has 29 heavy (non-hydrogen) atoms. The van der Waals surface area contributed by atoms with Gasteiger partial charge in [-0.05, 0) is 43.0 Å². The van der Waals surface area contributed by atoms with Crippen LogP contribution in [0.2, 0.25) is 5.02 Å². The minimum absolute atomic E-state index is 0.0433. The Balaban J connectivity index is 1.66. The lowest BCUT2D eigenvalue weighted by atomic mass is 10.0. The Labute approximate surface area is 173 Å². The van der Waals surface area contributed by atoms with Gasteiger partial charge in [-0.1, -0.05) is 11.6 Å². The summed E-state index contributed by atoms with van der Waals surface area (Å²) in [4.78, 5) is 12.4. The lowest BCUT2D eigenvalue weighted by Crippen LogP contribution is -2.80. The highest BCUT2D eigenvalue weighted by Crippen LogP contribution is 2.37. The summed E-state index contributed by atoms with van der Waals surface area (Å²) in [6, 6.07) is 7.35. The number of aryl methyl sites for hydroxylation is 1. The van der Waals surface area contributed by atoms with Crippen LogP contribution in [0.3, 0.4) is 0 Å². The van der Waals surface area contributed by atoms with Crippen LogP contribution in [-0.2, 0) is 25.9 Å². The van der Waals surface area contributed by atoms with Gasteiger partial charge in [0.15, 0.2) is 5.58 Å². The van der Waals surface area contributed by atoms with E-state index in [2.05, 4.69) is 0 Å². The number of rotatable bonds is 6. The van der Waals surface area contributed by atoms with Gasteiger partial charge in [-0.15, -0.1) is 0 Å². The molecule has 0 fully saturated rings. The van der Waals surface area contributed by atoms with Gasteiger partial charge in [0.1, 0.15) is 30.3 Å². The SMILES string of the molecule is COc1ccc(C[NH2+]Cc2c(O)c(Cl)cc3c4c(c(=O)oc23)CCC4)c(OC)c1. The maximum Gasteiger partial charge on any atom is 0.339 e. The second-order valence-electron chi connectivity index (χ2n) is 7.14. The average Bonchev–Trinajstić information content (AvgIpc) is 3.23. The minimum Gasteiger partial charge on any atom is -0.506 e. The average molecular weight is 417 g/mol. The van der Waals surface area contributed by atoms with Gasteiger partial charge in [0.2, 0.25) is 0 Å². The predicted molar refractivity (Wildman–Crippen MR) is 110 cm³/mol. The number of phenolic OH excluding ortho intramolecular Hbond substituents is 1. The Morgan fingerprint density at radius 2 is 1.93 bits per heavy atom. The zero-order chi connectivity index (χ0) is 20.5. The van der Waals surface area contributed by atoms with Gasteiger partial charge in [-0.25, -0.2) is 4.79 Å². The first kappa shape index (κ1) is 19.6. The zero-order valence-corrected chi connectivity index (χ0v) is 17.1. The van der Waals surface area contributed by atoms with Gasteiger partial charge in [0, 0.05) is 22.6 Å². The van der Waals surface area contributed by atoms with Gasteiger partial charge in [0.25, 0.3) is 0 Å². The lowest BCUT2D eigenvalue weighted by Gasteiger charge is -2.13. The quantitative estimate of drug-likeness (QED) is 0.603. The van der Waals surface area contributed by atoms with Crippen molar-refractivity contribution in [1.29, 1.82) is 0 Å². The van der Waals surface area contributed by atoms with Crippen LogP contribution in [0.1, 0.15) is 28.7 Å². The number of hydrogen-bond acceptors (Lipinski definition) is 5. The molecule has 0 amide bonds. The van der Waals surface area contributed by atoms with Gasteiger partial charge in [0.05, 0.1) is 24.8 Å². The molecule has 152 valence electrons. The Morgan fingerprint density at radius 1 is 1.14 bits per heavy atom. The Morgan fingerprint density at radius 3 is 2.69 bits per heavy atom. The zero-order valence-electron chi connectivity index (χ0n) is 16.4. The Hall–Kier alpha value is -2.70. The van der Waals surface area contributed by atoms with Crippen LogP contribution in [0.25, 0.3) is 11.0 Å². The van der Waals surface area contributed by atoms with Crippen LogP contribution in [0.5, 0.6) is 17.2 Å². The Bertz CT molecular complexity index is 1140. The van der Waals surface area contributed by atoms with E-state index < -0.39 is 0 Å². The minimum atomic E-state index is -0.315. The van der Waals surface area contributed by atoms with Crippen LogP contribution in [0.4, 0.5) is 0 Å². The molecular weight excluding hydrogens is 394 g/mol. The molecule has 0 aliphatic heterocycles. The van der Waals surface area contributed by atoms with Crippen LogP contribution < -0.4 is 20.4 Å². The van der Waals surface area contributed by atoms with Crippen molar-refractivity contribution in [2.24, 2.45) is 0 Å². The molecule has 1 aromatic heterocycles. The van der Waals surface area contributed by atoms with Gasteiger partial charge in [-0.3, -0.25) is 0 Å². The molecule has 3 N–H and O–H groups in total. The molecule has 6 nitrogen and oxygen atoms in total. The molecular formula is C22H23ClNO5+. The van der Waals surface area contributed by atoms with Gasteiger partial charge >= 0.3 is 5.63 Å². The van der Waals surface area contributed by atoms with E-state index >= 15 is 0 Å². The first-order valence-corrected chi connectivity index (χ1v) is 9.92. The largest absolute Gasteiger partial charge is 0.506 e. The number of benzene rings is 2. The van der Waals surface area contributed by atoms with Gasteiger partial charge in [-0.2, -0.15) is 0 Å². The van der Waals surface area contributed by atoms with E-state index in [0.29, 0.717) is 24.2 Å². The summed E-state index contributed by atoms with van der Waals surface area (Å²) in [5.41, 5.74) is 3.36. The second-order valence-corrected chi connectivity index (χ2v) is 7.54. The first-order valence-electron chi connectivity index (χ1n) is 9.55. The fourth-order valence-electron chi connectivity index (χ4n) is 4.02. The number of methoxy groups -OCH3 is 2. The number of ether oxygens (including phenoxy) is 2. The maximum absolute atomic E-state index is 12.4. The molecule has 0 bridgehead atoms. The molecule has 0 spiro atoms. The number of phenols is 1. The van der Waals surface area contributed by atoms with Crippen molar-refractivity contribution in [3.63, 3.8) is 0 Å². The predicted octanol–water partition coefficient (Wildman–Crippen LogP) is 2.92. The highest BCUT2D eigenvalue weighted by molar-refractivity contribution is 6.33. The molecule has 2 aromatic carbocycles. The van der Waals surface area contributed by atoms with Crippen molar-refractivity contribution in [3.8, 4) is 17.2 Å². The third kappa shape index (κ3) is 3.54. The molecule has 0 saturated heterocycles. The summed E-state index contributed by atoms with van der Waals surface area (Å²) in [5, 5.41) is 13.6. The summed E-state index contributed by atoms with van der Waals surface area (Å²) < 4.78 is 16.3. The van der Waals surface area contributed by atoms with Crippen molar-refractivity contribution in [2.75, 3.05) is 14.2 Å². The van der Waals surface area contributed by atoms with Crippen molar-refractivity contribution >= 4 is 22.6 Å². The van der Waals surface area contributed by atoms with Crippen LogP contribution in [0, 0.1) is 0 Å². The molecule has 7 heteroatoms. The molecule has 0 saturated carbocycles. The smallest absolute Gasteiger partial charge is 0.339 e. The fraction of sp³-hybridized carbons (Fsp3) is 0.318. The van der Waals surface area contributed by atoms with E-state index in [1.165, 1.54) is 0 Å². The topological polar surface area (TPSA) is 85.5 Å². The van der Waals surface area contributed by atoms with Crippen molar-refractivity contribution in [1.82, 2.24) is 0 Å². The number of aromatic hydroxyl groups is 1. The van der Waals surface area contributed by atoms with E-state index in [1.807, 2.05) is 23.5 Å². The van der Waals surface area contributed by atoms with Gasteiger partial charge < -0.3 is 24.3 Å². The third-order valence-electron chi connectivity index (χ3n) is 5.49. The van der Waals surface area contributed by atoms with E-state index in [-0.39, 0.29) is 16.4 Å². The summed E-state index contributed by atoms with van der Waals surface area (Å²) in [7, 11) is 3.22. The lowest BCUT2D eigenvalue weighted by molar-refractivity contribution is -0.686. The van der Waals surface area contributed by atoms with E-state index in [4.69, 9.17) is 25.5 Å². The molecule has 1 heterocycles. The second kappa shape index (κ2) is 7.97. The first-order chi connectivity index (χ1) is 14.0. The van der Waals surface area contributed by atoms with Crippen LogP contribution >= 0.6 is 11.6 Å². The van der Waals surface area contributed by atoms with Crippen molar-refractivity contribution < 1.29 is 24.3 Å². The highest BCUT2D eigenvalue weighted by Gasteiger charge is 2.24. The van der Waals surface area contributed by atoms with Crippen molar-refractivity contribution in [3.05, 3.63) is 62.0 Å².